The van der Waals surface area contributed by atoms with Crippen molar-refractivity contribution in [2.45, 2.75) is 71.3 Å². The second kappa shape index (κ2) is 6.26. The summed E-state index contributed by atoms with van der Waals surface area (Å²) in [5.41, 5.74) is 3.22. The molecule has 1 heterocycles. The average Bonchev–Trinajstić information content (AvgIpc) is 2.52. The Kier molecular flexibility index (Phi) is 4.65. The summed E-state index contributed by atoms with van der Waals surface area (Å²) < 4.78 is 0. The minimum Gasteiger partial charge on any atom is -0.364 e. The number of aryl methyl sites for hydroxylation is 2. The van der Waals surface area contributed by atoms with Crippen molar-refractivity contribution in [3.05, 3.63) is 22.9 Å². The molecule has 0 radical (unpaired) electrons. The van der Waals surface area contributed by atoms with Crippen LogP contribution in [-0.4, -0.2) is 10.5 Å². The second-order valence-corrected chi connectivity index (χ2v) is 5.78. The first kappa shape index (κ1) is 14.8. The van der Waals surface area contributed by atoms with Crippen molar-refractivity contribution in [2.75, 3.05) is 5.32 Å². The van der Waals surface area contributed by atoms with Gasteiger partial charge in [0.25, 0.3) is 0 Å². The first-order valence-electron chi connectivity index (χ1n) is 7.89. The van der Waals surface area contributed by atoms with E-state index in [9.17, 15) is 5.26 Å². The van der Waals surface area contributed by atoms with Crippen LogP contribution >= 0.6 is 0 Å². The molecule has 1 aliphatic carbocycles. The maximum absolute atomic E-state index is 9.40. The van der Waals surface area contributed by atoms with Crippen molar-refractivity contribution in [1.82, 2.24) is 4.98 Å². The molecule has 3 nitrogen and oxygen atoms in total. The average molecular weight is 271 g/mol. The van der Waals surface area contributed by atoms with E-state index in [0.717, 1.165) is 37.9 Å². The Labute approximate surface area is 122 Å². The Morgan fingerprint density at radius 3 is 2.45 bits per heavy atom. The maximum Gasteiger partial charge on any atom is 0.144 e. The summed E-state index contributed by atoms with van der Waals surface area (Å²) in [5, 5.41) is 13.0. The number of nitrogens with one attached hydrogen (secondary N) is 1. The molecule has 0 unspecified atom stereocenters. The monoisotopic (exact) mass is 271 g/mol. The van der Waals surface area contributed by atoms with Gasteiger partial charge in [-0.3, -0.25) is 0 Å². The van der Waals surface area contributed by atoms with E-state index >= 15 is 0 Å². The quantitative estimate of drug-likeness (QED) is 0.872. The number of hydrogen-bond donors (Lipinski definition) is 1. The van der Waals surface area contributed by atoms with E-state index in [1.54, 1.807) is 0 Å². The molecule has 1 aliphatic rings. The SMILES string of the molecule is CCC(CC)(CC)Nc1nc2c(cc1C#N)CCCC2. The fraction of sp³-hybridized carbons (Fsp3) is 0.647. The molecule has 1 aromatic heterocycles. The highest BCUT2D eigenvalue weighted by molar-refractivity contribution is 5.56. The highest BCUT2D eigenvalue weighted by atomic mass is 15.1. The molecular formula is C17H25N3. The van der Waals surface area contributed by atoms with Crippen LogP contribution in [0, 0.1) is 11.3 Å². The zero-order chi connectivity index (χ0) is 14.6. The van der Waals surface area contributed by atoms with E-state index in [4.69, 9.17) is 4.98 Å². The summed E-state index contributed by atoms with van der Waals surface area (Å²) >= 11 is 0. The third-order valence-corrected chi connectivity index (χ3v) is 4.84. The Balaban J connectivity index is 2.38. The third kappa shape index (κ3) is 2.80. The van der Waals surface area contributed by atoms with E-state index in [0.29, 0.717) is 5.56 Å². The van der Waals surface area contributed by atoms with Gasteiger partial charge in [-0.25, -0.2) is 4.98 Å². The van der Waals surface area contributed by atoms with Gasteiger partial charge in [-0.05, 0) is 56.6 Å². The van der Waals surface area contributed by atoms with Gasteiger partial charge in [0.15, 0.2) is 0 Å². The van der Waals surface area contributed by atoms with Gasteiger partial charge in [0.05, 0.1) is 5.56 Å². The predicted molar refractivity (Wildman–Crippen MR) is 82.8 cm³/mol. The molecule has 0 amide bonds. The lowest BCUT2D eigenvalue weighted by molar-refractivity contribution is 0.418. The van der Waals surface area contributed by atoms with E-state index in [1.807, 2.05) is 0 Å². The molecule has 0 bridgehead atoms. The third-order valence-electron chi connectivity index (χ3n) is 4.84. The molecule has 0 aliphatic heterocycles. The molecule has 1 aromatic rings. The number of anilines is 1. The van der Waals surface area contributed by atoms with Crippen molar-refractivity contribution >= 4 is 5.82 Å². The molecular weight excluding hydrogens is 246 g/mol. The fourth-order valence-electron chi connectivity index (χ4n) is 3.08. The van der Waals surface area contributed by atoms with Gasteiger partial charge >= 0.3 is 0 Å². The van der Waals surface area contributed by atoms with Crippen LogP contribution in [0.15, 0.2) is 6.07 Å². The second-order valence-electron chi connectivity index (χ2n) is 5.78. The number of pyridine rings is 1. The van der Waals surface area contributed by atoms with Crippen molar-refractivity contribution in [3.63, 3.8) is 0 Å². The minimum absolute atomic E-state index is 0.0570. The van der Waals surface area contributed by atoms with E-state index in [2.05, 4.69) is 38.2 Å². The summed E-state index contributed by atoms with van der Waals surface area (Å²) in [6.07, 6.45) is 7.68. The van der Waals surface area contributed by atoms with Crippen molar-refractivity contribution < 1.29 is 0 Å². The molecule has 0 aromatic carbocycles. The molecule has 3 heteroatoms. The van der Waals surface area contributed by atoms with Crippen LogP contribution in [0.5, 0.6) is 0 Å². The van der Waals surface area contributed by atoms with Gasteiger partial charge in [-0.2, -0.15) is 5.26 Å². The zero-order valence-electron chi connectivity index (χ0n) is 12.9. The van der Waals surface area contributed by atoms with Crippen LogP contribution in [-0.2, 0) is 12.8 Å². The summed E-state index contributed by atoms with van der Waals surface area (Å²) in [5.74, 6) is 0.790. The van der Waals surface area contributed by atoms with Gasteiger partial charge in [0.2, 0.25) is 0 Å². The van der Waals surface area contributed by atoms with Crippen molar-refractivity contribution in [3.8, 4) is 6.07 Å². The van der Waals surface area contributed by atoms with Gasteiger partial charge < -0.3 is 5.32 Å². The molecule has 0 atom stereocenters. The van der Waals surface area contributed by atoms with Crippen LogP contribution in [0.3, 0.4) is 0 Å². The summed E-state index contributed by atoms with van der Waals surface area (Å²) in [6.45, 7) is 6.60. The number of nitrogens with zero attached hydrogens (tertiary/aromatic N) is 2. The van der Waals surface area contributed by atoms with Gasteiger partial charge in [-0.15, -0.1) is 0 Å². The predicted octanol–water partition coefficient (Wildman–Crippen LogP) is 4.21. The molecule has 2 rings (SSSR count). The summed E-state index contributed by atoms with van der Waals surface area (Å²) in [4.78, 5) is 4.78. The number of hydrogen-bond acceptors (Lipinski definition) is 3. The minimum atomic E-state index is 0.0570. The van der Waals surface area contributed by atoms with Crippen LogP contribution in [0.2, 0.25) is 0 Å². The van der Waals surface area contributed by atoms with Crippen LogP contribution in [0.1, 0.15) is 69.7 Å². The Bertz CT molecular complexity index is 501. The van der Waals surface area contributed by atoms with Crippen LogP contribution < -0.4 is 5.32 Å². The Morgan fingerprint density at radius 2 is 1.85 bits per heavy atom. The first-order chi connectivity index (χ1) is 9.68. The number of rotatable bonds is 5. The normalized spacial score (nSPS) is 14.5. The lowest BCUT2D eigenvalue weighted by atomic mass is 9.89. The Morgan fingerprint density at radius 1 is 1.20 bits per heavy atom. The first-order valence-corrected chi connectivity index (χ1v) is 7.89. The topological polar surface area (TPSA) is 48.7 Å². The lowest BCUT2D eigenvalue weighted by Gasteiger charge is -2.33. The van der Waals surface area contributed by atoms with Gasteiger partial charge in [0.1, 0.15) is 11.9 Å². The van der Waals surface area contributed by atoms with Crippen molar-refractivity contribution in [2.24, 2.45) is 0 Å². The highest BCUT2D eigenvalue weighted by Crippen LogP contribution is 2.29. The molecule has 0 fully saturated rings. The number of fused-ring (bicyclic) bond motifs is 1. The number of aromatic nitrogens is 1. The Hall–Kier alpha value is -1.56. The van der Waals surface area contributed by atoms with Gasteiger partial charge in [0, 0.05) is 11.2 Å². The van der Waals surface area contributed by atoms with Crippen molar-refractivity contribution in [1.29, 1.82) is 5.26 Å². The molecule has 108 valence electrons. The highest BCUT2D eigenvalue weighted by Gasteiger charge is 2.26. The maximum atomic E-state index is 9.40. The molecule has 20 heavy (non-hydrogen) atoms. The lowest BCUT2D eigenvalue weighted by Crippen LogP contribution is -2.37. The van der Waals surface area contributed by atoms with Crippen LogP contribution in [0.4, 0.5) is 5.82 Å². The molecule has 0 saturated heterocycles. The summed E-state index contributed by atoms with van der Waals surface area (Å²) in [7, 11) is 0. The van der Waals surface area contributed by atoms with E-state index < -0.39 is 0 Å². The zero-order valence-corrected chi connectivity index (χ0v) is 12.9. The smallest absolute Gasteiger partial charge is 0.144 e. The van der Waals surface area contributed by atoms with E-state index in [-0.39, 0.29) is 5.54 Å². The molecule has 0 spiro atoms. The standard InChI is InChI=1S/C17H25N3/c1-4-17(5-2,6-3)20-16-14(12-18)11-13-9-7-8-10-15(13)19-16/h11H,4-10H2,1-3H3,(H,19,20). The van der Waals surface area contributed by atoms with E-state index in [1.165, 1.54) is 24.1 Å². The fourth-order valence-corrected chi connectivity index (χ4v) is 3.08. The number of nitriles is 1. The molecule has 1 N–H and O–H groups in total. The summed E-state index contributed by atoms with van der Waals surface area (Å²) in [6, 6.07) is 4.37. The largest absolute Gasteiger partial charge is 0.364 e. The van der Waals surface area contributed by atoms with Gasteiger partial charge in [-0.1, -0.05) is 20.8 Å². The van der Waals surface area contributed by atoms with Crippen LogP contribution in [0.25, 0.3) is 0 Å². The molecule has 0 saturated carbocycles.